The average molecular weight is 265 g/mol. The molecule has 0 aliphatic heterocycles. The molecule has 0 saturated heterocycles. The molecule has 1 amide bonds. The molecule has 0 atom stereocenters. The molecule has 4 heteroatoms. The van der Waals surface area contributed by atoms with E-state index in [2.05, 4.69) is 15.3 Å². The number of aromatic amines is 1. The summed E-state index contributed by atoms with van der Waals surface area (Å²) in [4.78, 5) is 19.2. The van der Waals surface area contributed by atoms with E-state index in [1.54, 1.807) is 6.20 Å². The lowest BCUT2D eigenvalue weighted by Gasteiger charge is -2.06. The zero-order chi connectivity index (χ0) is 13.8. The van der Waals surface area contributed by atoms with Gasteiger partial charge in [0, 0.05) is 24.3 Å². The summed E-state index contributed by atoms with van der Waals surface area (Å²) in [7, 11) is 0. The molecule has 2 heterocycles. The number of hydrogen-bond donors (Lipinski definition) is 2. The molecule has 0 aliphatic rings. The van der Waals surface area contributed by atoms with Gasteiger partial charge in [0.15, 0.2) is 0 Å². The van der Waals surface area contributed by atoms with Gasteiger partial charge in [0.1, 0.15) is 5.65 Å². The Bertz CT molecular complexity index is 719. The zero-order valence-corrected chi connectivity index (χ0v) is 11.0. The molecule has 0 saturated carbocycles. The summed E-state index contributed by atoms with van der Waals surface area (Å²) in [6, 6.07) is 13.6. The normalized spacial score (nSPS) is 10.6. The van der Waals surface area contributed by atoms with Crippen molar-refractivity contribution < 1.29 is 4.79 Å². The first-order chi connectivity index (χ1) is 9.83. The third kappa shape index (κ3) is 2.69. The first-order valence-electron chi connectivity index (χ1n) is 6.54. The molecule has 0 aliphatic carbocycles. The van der Waals surface area contributed by atoms with Crippen LogP contribution >= 0.6 is 0 Å². The van der Waals surface area contributed by atoms with Gasteiger partial charge in [0.2, 0.25) is 5.91 Å². The van der Waals surface area contributed by atoms with Crippen molar-refractivity contribution in [3.8, 4) is 0 Å². The van der Waals surface area contributed by atoms with E-state index in [4.69, 9.17) is 0 Å². The third-order valence-electron chi connectivity index (χ3n) is 3.23. The van der Waals surface area contributed by atoms with Crippen molar-refractivity contribution in [1.29, 1.82) is 0 Å². The molecular weight excluding hydrogens is 250 g/mol. The number of nitrogens with zero attached hydrogens (tertiary/aromatic N) is 1. The molecule has 2 aromatic heterocycles. The minimum Gasteiger partial charge on any atom is -0.352 e. The van der Waals surface area contributed by atoms with Crippen molar-refractivity contribution in [2.45, 2.75) is 13.0 Å². The molecule has 0 radical (unpaired) electrons. The van der Waals surface area contributed by atoms with Gasteiger partial charge >= 0.3 is 0 Å². The maximum Gasteiger partial charge on any atom is 0.224 e. The number of rotatable bonds is 4. The lowest BCUT2D eigenvalue weighted by Crippen LogP contribution is -2.24. The minimum atomic E-state index is 0.0247. The Hall–Kier alpha value is -2.62. The fraction of sp³-hybridized carbons (Fsp3) is 0.125. The van der Waals surface area contributed by atoms with Crippen molar-refractivity contribution in [2.75, 3.05) is 0 Å². The Morgan fingerprint density at radius 3 is 2.85 bits per heavy atom. The second-order valence-electron chi connectivity index (χ2n) is 4.65. The van der Waals surface area contributed by atoms with Crippen LogP contribution in [0.25, 0.3) is 11.0 Å². The number of benzene rings is 1. The summed E-state index contributed by atoms with van der Waals surface area (Å²) in [6.45, 7) is 0.516. The summed E-state index contributed by atoms with van der Waals surface area (Å²) in [6.07, 6.45) is 4.01. The highest BCUT2D eigenvalue weighted by Gasteiger charge is 2.06. The van der Waals surface area contributed by atoms with Gasteiger partial charge in [-0.3, -0.25) is 4.79 Å². The molecule has 2 N–H and O–H groups in total. The maximum absolute atomic E-state index is 11.9. The lowest BCUT2D eigenvalue weighted by molar-refractivity contribution is -0.120. The van der Waals surface area contributed by atoms with E-state index in [-0.39, 0.29) is 5.91 Å². The summed E-state index contributed by atoms with van der Waals surface area (Å²) in [5, 5.41) is 4.00. The Balaban J connectivity index is 1.65. The fourth-order valence-corrected chi connectivity index (χ4v) is 2.21. The van der Waals surface area contributed by atoms with E-state index >= 15 is 0 Å². The molecule has 0 spiro atoms. The van der Waals surface area contributed by atoms with Gasteiger partial charge in [-0.15, -0.1) is 0 Å². The molecule has 0 bridgehead atoms. The van der Waals surface area contributed by atoms with Crippen LogP contribution in [-0.4, -0.2) is 15.9 Å². The number of fused-ring (bicyclic) bond motifs is 1. The Labute approximate surface area is 116 Å². The lowest BCUT2D eigenvalue weighted by atomic mass is 10.1. The Morgan fingerprint density at radius 2 is 2.00 bits per heavy atom. The molecule has 4 nitrogen and oxygen atoms in total. The second kappa shape index (κ2) is 5.57. The number of carbonyl (C=O) groups excluding carboxylic acids is 1. The van der Waals surface area contributed by atoms with E-state index in [0.29, 0.717) is 13.0 Å². The van der Waals surface area contributed by atoms with Gasteiger partial charge in [-0.05, 0) is 23.3 Å². The van der Waals surface area contributed by atoms with Gasteiger partial charge in [0.05, 0.1) is 6.42 Å². The number of nitrogens with one attached hydrogen (secondary N) is 2. The smallest absolute Gasteiger partial charge is 0.224 e. The van der Waals surface area contributed by atoms with Crippen LogP contribution in [0.2, 0.25) is 0 Å². The molecule has 20 heavy (non-hydrogen) atoms. The highest BCUT2D eigenvalue weighted by molar-refractivity contribution is 5.81. The maximum atomic E-state index is 11.9. The second-order valence-corrected chi connectivity index (χ2v) is 4.65. The molecule has 0 unspecified atom stereocenters. The topological polar surface area (TPSA) is 57.8 Å². The summed E-state index contributed by atoms with van der Waals surface area (Å²) < 4.78 is 0. The number of hydrogen-bond acceptors (Lipinski definition) is 2. The molecule has 1 aromatic carbocycles. The zero-order valence-electron chi connectivity index (χ0n) is 11.0. The molecular formula is C16H15N3O. The van der Waals surface area contributed by atoms with Crippen molar-refractivity contribution in [1.82, 2.24) is 15.3 Å². The van der Waals surface area contributed by atoms with Crippen LogP contribution in [0.1, 0.15) is 11.1 Å². The van der Waals surface area contributed by atoms with Crippen LogP contribution < -0.4 is 5.32 Å². The minimum absolute atomic E-state index is 0.0247. The van der Waals surface area contributed by atoms with Crippen LogP contribution in [0, 0.1) is 0 Å². The summed E-state index contributed by atoms with van der Waals surface area (Å²) in [5.74, 6) is 0.0247. The van der Waals surface area contributed by atoms with Crippen LogP contribution in [0.15, 0.2) is 54.9 Å². The third-order valence-corrected chi connectivity index (χ3v) is 3.23. The predicted octanol–water partition coefficient (Wildman–Crippen LogP) is 2.42. The van der Waals surface area contributed by atoms with Gasteiger partial charge < -0.3 is 10.3 Å². The van der Waals surface area contributed by atoms with Gasteiger partial charge in [-0.25, -0.2) is 4.98 Å². The van der Waals surface area contributed by atoms with Gasteiger partial charge in [-0.2, -0.15) is 0 Å². The van der Waals surface area contributed by atoms with E-state index in [9.17, 15) is 4.79 Å². The summed E-state index contributed by atoms with van der Waals surface area (Å²) in [5.41, 5.74) is 2.93. The van der Waals surface area contributed by atoms with Crippen LogP contribution in [0.3, 0.4) is 0 Å². The van der Waals surface area contributed by atoms with Gasteiger partial charge in [-0.1, -0.05) is 30.3 Å². The van der Waals surface area contributed by atoms with E-state index < -0.39 is 0 Å². The number of H-pyrrole nitrogens is 1. The van der Waals surface area contributed by atoms with E-state index in [0.717, 1.165) is 22.2 Å². The first-order valence-corrected chi connectivity index (χ1v) is 6.54. The number of aromatic nitrogens is 2. The molecule has 3 rings (SSSR count). The monoisotopic (exact) mass is 265 g/mol. The SMILES string of the molecule is O=C(Cc1ccccc1)NCc1ccnc2[nH]ccc12. The number of carbonyl (C=O) groups is 1. The predicted molar refractivity (Wildman–Crippen MR) is 78.1 cm³/mol. The average Bonchev–Trinajstić information content (AvgIpc) is 2.95. The highest BCUT2D eigenvalue weighted by Crippen LogP contribution is 2.14. The van der Waals surface area contributed by atoms with Crippen LogP contribution in [0.5, 0.6) is 0 Å². The van der Waals surface area contributed by atoms with Crippen LogP contribution in [-0.2, 0) is 17.8 Å². The molecule has 0 fully saturated rings. The van der Waals surface area contributed by atoms with Crippen LogP contribution in [0.4, 0.5) is 0 Å². The first kappa shape index (κ1) is 12.4. The highest BCUT2D eigenvalue weighted by atomic mass is 16.1. The standard InChI is InChI=1S/C16H15N3O/c20-15(10-12-4-2-1-3-5-12)19-11-13-6-8-17-16-14(13)7-9-18-16/h1-9H,10-11H2,(H,17,18)(H,19,20). The van der Waals surface area contributed by atoms with Crippen molar-refractivity contribution in [3.05, 3.63) is 66.0 Å². The van der Waals surface area contributed by atoms with Crippen molar-refractivity contribution in [2.24, 2.45) is 0 Å². The van der Waals surface area contributed by atoms with Crippen molar-refractivity contribution in [3.63, 3.8) is 0 Å². The quantitative estimate of drug-likeness (QED) is 0.761. The van der Waals surface area contributed by atoms with E-state index in [1.807, 2.05) is 48.7 Å². The number of amides is 1. The largest absolute Gasteiger partial charge is 0.352 e. The van der Waals surface area contributed by atoms with E-state index in [1.165, 1.54) is 0 Å². The van der Waals surface area contributed by atoms with Gasteiger partial charge in [0.25, 0.3) is 0 Å². The fourth-order valence-electron chi connectivity index (χ4n) is 2.21. The Morgan fingerprint density at radius 1 is 1.15 bits per heavy atom. The van der Waals surface area contributed by atoms with Crippen molar-refractivity contribution >= 4 is 16.9 Å². The Kier molecular flexibility index (Phi) is 3.46. The summed E-state index contributed by atoms with van der Waals surface area (Å²) >= 11 is 0. The molecule has 100 valence electrons. The number of pyridine rings is 1. The molecule has 3 aromatic rings.